The van der Waals surface area contributed by atoms with Crippen molar-refractivity contribution in [1.29, 1.82) is 0 Å². The fraction of sp³-hybridized carbons (Fsp3) is 0.105. The average Bonchev–Trinajstić information content (AvgIpc) is 2.89. The molecule has 0 aliphatic carbocycles. The van der Waals surface area contributed by atoms with Gasteiger partial charge in [0.2, 0.25) is 0 Å². The van der Waals surface area contributed by atoms with E-state index in [1.54, 1.807) is 24.3 Å². The summed E-state index contributed by atoms with van der Waals surface area (Å²) in [7, 11) is 0. The topological polar surface area (TPSA) is 34.0 Å². The molecule has 3 aromatic rings. The normalized spacial score (nSPS) is 10.7. The number of rotatable bonds is 3. The number of aryl methyl sites for hydroxylation is 2. The summed E-state index contributed by atoms with van der Waals surface area (Å²) in [6.45, 7) is 4.04. The molecule has 0 radical (unpaired) electrons. The number of carbonyl (C=O) groups is 1. The Morgan fingerprint density at radius 1 is 0.917 bits per heavy atom. The first-order chi connectivity index (χ1) is 11.5. The smallest absolute Gasteiger partial charge is 0.257 e. The zero-order valence-corrected chi connectivity index (χ0v) is 14.8. The summed E-state index contributed by atoms with van der Waals surface area (Å²) in [6, 6.07) is 16.6. The van der Waals surface area contributed by atoms with Gasteiger partial charge < -0.3 is 9.88 Å². The molecule has 3 rings (SSSR count). The lowest BCUT2D eigenvalue weighted by Crippen LogP contribution is -2.13. The van der Waals surface area contributed by atoms with Gasteiger partial charge in [-0.2, -0.15) is 0 Å². The molecule has 0 aliphatic rings. The molecule has 0 bridgehead atoms. The monoisotopic (exact) mass is 358 g/mol. The highest BCUT2D eigenvalue weighted by Gasteiger charge is 2.14. The van der Waals surface area contributed by atoms with E-state index in [4.69, 9.17) is 23.2 Å². The van der Waals surface area contributed by atoms with Gasteiger partial charge in [0.25, 0.3) is 5.91 Å². The van der Waals surface area contributed by atoms with Crippen molar-refractivity contribution in [3.63, 3.8) is 0 Å². The van der Waals surface area contributed by atoms with Crippen LogP contribution in [0, 0.1) is 13.8 Å². The van der Waals surface area contributed by atoms with Gasteiger partial charge in [0.05, 0.1) is 21.3 Å². The van der Waals surface area contributed by atoms with Crippen LogP contribution in [-0.4, -0.2) is 10.5 Å². The number of aromatic nitrogens is 1. The van der Waals surface area contributed by atoms with Crippen LogP contribution in [0.4, 0.5) is 5.69 Å². The molecular formula is C19H16Cl2N2O. The minimum atomic E-state index is -0.294. The Morgan fingerprint density at radius 2 is 1.58 bits per heavy atom. The summed E-state index contributed by atoms with van der Waals surface area (Å²) in [5.41, 5.74) is 4.03. The molecule has 0 saturated heterocycles. The second kappa shape index (κ2) is 6.71. The number of nitrogens with zero attached hydrogens (tertiary/aromatic N) is 1. The molecule has 24 heavy (non-hydrogen) atoms. The predicted octanol–water partition coefficient (Wildman–Crippen LogP) is 5.65. The summed E-state index contributed by atoms with van der Waals surface area (Å²) < 4.78 is 2.07. The molecule has 0 atom stereocenters. The minimum absolute atomic E-state index is 0.294. The third kappa shape index (κ3) is 3.18. The summed E-state index contributed by atoms with van der Waals surface area (Å²) in [4.78, 5) is 12.6. The van der Waals surface area contributed by atoms with Gasteiger partial charge in [-0.15, -0.1) is 0 Å². The van der Waals surface area contributed by atoms with E-state index in [0.717, 1.165) is 17.1 Å². The van der Waals surface area contributed by atoms with Crippen LogP contribution in [0.2, 0.25) is 10.0 Å². The van der Waals surface area contributed by atoms with Crippen LogP contribution >= 0.6 is 23.2 Å². The van der Waals surface area contributed by atoms with E-state index < -0.39 is 0 Å². The molecule has 1 aromatic heterocycles. The molecule has 1 N–H and O–H groups in total. The van der Waals surface area contributed by atoms with Crippen LogP contribution in [0.15, 0.2) is 54.6 Å². The second-order valence-electron chi connectivity index (χ2n) is 5.55. The summed E-state index contributed by atoms with van der Waals surface area (Å²) >= 11 is 12.3. The highest BCUT2D eigenvalue weighted by Crippen LogP contribution is 2.26. The van der Waals surface area contributed by atoms with Gasteiger partial charge in [0.1, 0.15) is 0 Å². The Bertz CT molecular complexity index is 896. The molecular weight excluding hydrogens is 343 g/mol. The van der Waals surface area contributed by atoms with Crippen molar-refractivity contribution >= 4 is 34.8 Å². The largest absolute Gasteiger partial charge is 0.321 e. The number of para-hydroxylation sites is 1. The van der Waals surface area contributed by atoms with Gasteiger partial charge in [-0.05, 0) is 56.3 Å². The van der Waals surface area contributed by atoms with E-state index >= 15 is 0 Å². The summed E-state index contributed by atoms with van der Waals surface area (Å²) in [5.74, 6) is -0.294. The number of nitrogens with one attached hydrogen (secondary N) is 1. The molecule has 2 aromatic carbocycles. The van der Waals surface area contributed by atoms with Crippen molar-refractivity contribution in [2.45, 2.75) is 13.8 Å². The van der Waals surface area contributed by atoms with Gasteiger partial charge in [0, 0.05) is 17.1 Å². The zero-order chi connectivity index (χ0) is 17.3. The maximum atomic E-state index is 12.6. The van der Waals surface area contributed by atoms with Crippen LogP contribution in [0.1, 0.15) is 21.7 Å². The number of hydrogen-bond donors (Lipinski definition) is 1. The first kappa shape index (κ1) is 16.6. The highest BCUT2D eigenvalue weighted by molar-refractivity contribution is 6.36. The lowest BCUT2D eigenvalue weighted by atomic mass is 10.1. The third-order valence-corrected chi connectivity index (χ3v) is 4.51. The highest BCUT2D eigenvalue weighted by atomic mass is 35.5. The number of amides is 1. The fourth-order valence-electron chi connectivity index (χ4n) is 2.65. The Morgan fingerprint density at radius 3 is 2.25 bits per heavy atom. The lowest BCUT2D eigenvalue weighted by molar-refractivity contribution is 0.102. The molecule has 0 unspecified atom stereocenters. The number of carbonyl (C=O) groups excluding carboxylic acids is 1. The molecule has 0 spiro atoms. The quantitative estimate of drug-likeness (QED) is 0.644. The Hall–Kier alpha value is -2.23. The van der Waals surface area contributed by atoms with Crippen molar-refractivity contribution in [3.8, 4) is 5.69 Å². The molecule has 1 heterocycles. The van der Waals surface area contributed by atoms with Crippen molar-refractivity contribution in [2.24, 2.45) is 0 Å². The molecule has 1 amide bonds. The van der Waals surface area contributed by atoms with Crippen LogP contribution < -0.4 is 5.32 Å². The Balaban J connectivity index is 1.98. The maximum absolute atomic E-state index is 12.6. The molecule has 0 saturated carbocycles. The van der Waals surface area contributed by atoms with Gasteiger partial charge in [-0.3, -0.25) is 4.79 Å². The van der Waals surface area contributed by atoms with Crippen molar-refractivity contribution in [1.82, 2.24) is 4.57 Å². The first-order valence-electron chi connectivity index (χ1n) is 7.48. The van der Waals surface area contributed by atoms with Crippen molar-refractivity contribution in [2.75, 3.05) is 5.32 Å². The third-order valence-electron chi connectivity index (χ3n) is 3.85. The summed E-state index contributed by atoms with van der Waals surface area (Å²) in [6.07, 6.45) is 0. The van der Waals surface area contributed by atoms with Crippen LogP contribution in [0.3, 0.4) is 0 Å². The van der Waals surface area contributed by atoms with Crippen molar-refractivity contribution < 1.29 is 4.79 Å². The van der Waals surface area contributed by atoms with E-state index in [-0.39, 0.29) is 5.91 Å². The van der Waals surface area contributed by atoms with Crippen molar-refractivity contribution in [3.05, 3.63) is 81.6 Å². The number of hydrogen-bond acceptors (Lipinski definition) is 1. The minimum Gasteiger partial charge on any atom is -0.321 e. The second-order valence-corrected chi connectivity index (χ2v) is 6.36. The fourth-order valence-corrected chi connectivity index (χ4v) is 3.04. The SMILES string of the molecule is Cc1ccc(C)n1-c1ccc(Cl)c(C(=O)Nc2ccccc2Cl)c1. The Labute approximate surface area is 150 Å². The zero-order valence-electron chi connectivity index (χ0n) is 13.3. The van der Waals surface area contributed by atoms with E-state index in [0.29, 0.717) is 21.3 Å². The van der Waals surface area contributed by atoms with Gasteiger partial charge in [-0.25, -0.2) is 0 Å². The van der Waals surface area contributed by atoms with E-state index in [2.05, 4.69) is 9.88 Å². The van der Waals surface area contributed by atoms with Gasteiger partial charge in [0.15, 0.2) is 0 Å². The molecule has 122 valence electrons. The molecule has 0 aliphatic heterocycles. The van der Waals surface area contributed by atoms with E-state index in [1.165, 1.54) is 0 Å². The van der Waals surface area contributed by atoms with Gasteiger partial charge >= 0.3 is 0 Å². The Kier molecular flexibility index (Phi) is 4.65. The standard InChI is InChI=1S/C19H16Cl2N2O/c1-12-7-8-13(2)23(12)14-9-10-16(20)15(11-14)19(24)22-18-6-4-3-5-17(18)21/h3-11H,1-2H3,(H,22,24). The molecule has 3 nitrogen and oxygen atoms in total. The van der Waals surface area contributed by atoms with E-state index in [1.807, 2.05) is 44.2 Å². The van der Waals surface area contributed by atoms with Crippen LogP contribution in [-0.2, 0) is 0 Å². The van der Waals surface area contributed by atoms with Gasteiger partial charge in [-0.1, -0.05) is 35.3 Å². The predicted molar refractivity (Wildman–Crippen MR) is 99.7 cm³/mol. The van der Waals surface area contributed by atoms with E-state index in [9.17, 15) is 4.79 Å². The number of benzene rings is 2. The van der Waals surface area contributed by atoms with Crippen LogP contribution in [0.25, 0.3) is 5.69 Å². The first-order valence-corrected chi connectivity index (χ1v) is 8.23. The average molecular weight is 359 g/mol. The summed E-state index contributed by atoms with van der Waals surface area (Å²) in [5, 5.41) is 3.68. The number of anilines is 1. The van der Waals surface area contributed by atoms with Crippen LogP contribution in [0.5, 0.6) is 0 Å². The number of halogens is 2. The lowest BCUT2D eigenvalue weighted by Gasteiger charge is -2.13. The molecule has 5 heteroatoms. The maximum Gasteiger partial charge on any atom is 0.257 e. The molecule has 0 fully saturated rings.